The lowest BCUT2D eigenvalue weighted by Crippen LogP contribution is -2.39. The zero-order valence-electron chi connectivity index (χ0n) is 27.5. The van der Waals surface area contributed by atoms with Crippen LogP contribution < -0.4 is 20.1 Å². The molecule has 252 valence electrons. The highest BCUT2D eigenvalue weighted by Gasteiger charge is 2.40. The lowest BCUT2D eigenvalue weighted by molar-refractivity contribution is -0.159. The fourth-order valence-electron chi connectivity index (χ4n) is 6.54. The Morgan fingerprint density at radius 3 is 2.42 bits per heavy atom. The van der Waals surface area contributed by atoms with Gasteiger partial charge in [-0.25, -0.2) is 4.39 Å². The molecule has 8 nitrogen and oxygen atoms in total. The van der Waals surface area contributed by atoms with Crippen LogP contribution in [0.3, 0.4) is 0 Å². The Balaban J connectivity index is 1.07. The van der Waals surface area contributed by atoms with E-state index < -0.39 is 17.1 Å². The number of amides is 2. The van der Waals surface area contributed by atoms with Gasteiger partial charge in [0, 0.05) is 12.6 Å². The van der Waals surface area contributed by atoms with Gasteiger partial charge >= 0.3 is 5.97 Å². The molecule has 2 saturated carbocycles. The van der Waals surface area contributed by atoms with Gasteiger partial charge in [0.25, 0.3) is 11.8 Å². The minimum Gasteiger partial charge on any atom is -0.496 e. The number of fused-ring (bicyclic) bond motifs is 1. The van der Waals surface area contributed by atoms with Gasteiger partial charge in [-0.05, 0) is 84.7 Å². The molecule has 6 rings (SSSR count). The normalized spacial score (nSPS) is 20.0. The number of ether oxygens (including phenoxy) is 3. The Hall–Kier alpha value is -4.44. The summed E-state index contributed by atoms with van der Waals surface area (Å²) < 4.78 is 32.4. The number of benzene rings is 3. The number of hydrogen-bond acceptors (Lipinski definition) is 7. The highest BCUT2D eigenvalue weighted by atomic mass is 32.1. The molecule has 0 aliphatic heterocycles. The molecular formula is C38H41FN2O6S. The molecule has 0 bridgehead atoms. The van der Waals surface area contributed by atoms with Crippen molar-refractivity contribution >= 4 is 45.6 Å². The van der Waals surface area contributed by atoms with Crippen molar-refractivity contribution in [3.8, 4) is 11.5 Å². The Kier molecular flexibility index (Phi) is 9.73. The topological polar surface area (TPSA) is 103 Å². The van der Waals surface area contributed by atoms with Gasteiger partial charge in [0.05, 0.1) is 29.9 Å². The van der Waals surface area contributed by atoms with Crippen LogP contribution in [0.4, 0.5) is 10.1 Å². The summed E-state index contributed by atoms with van der Waals surface area (Å²) in [7, 11) is 1.36. The van der Waals surface area contributed by atoms with E-state index in [0.717, 1.165) is 35.2 Å². The van der Waals surface area contributed by atoms with E-state index in [2.05, 4.69) is 17.6 Å². The average Bonchev–Trinajstić information content (AvgIpc) is 3.54. The number of thiophene rings is 1. The Morgan fingerprint density at radius 2 is 1.69 bits per heavy atom. The Bertz CT molecular complexity index is 1820. The van der Waals surface area contributed by atoms with Crippen molar-refractivity contribution in [3.63, 3.8) is 0 Å². The van der Waals surface area contributed by atoms with Gasteiger partial charge in [0.1, 0.15) is 17.2 Å². The molecule has 0 spiro atoms. The Morgan fingerprint density at radius 1 is 0.938 bits per heavy atom. The molecular weight excluding hydrogens is 631 g/mol. The predicted octanol–water partition coefficient (Wildman–Crippen LogP) is 8.29. The standard InChI is InChI=1S/C38H41FN2O6S/c1-37(15-7-16-37)23-40-35(43)33-30(14-19-48-33)41-34(42)28-20-32(29(39)21-31(28)45-3)47-26-12-17-38(2,18-13-26)36(44)46-22-25-10-6-9-24-8-4-5-11-27(24)25/h4-6,8-11,14,19-21,26H,7,12-13,15-18,22-23H2,1-3H3,(H,40,43)(H,41,42)/t26-,38+. The maximum absolute atomic E-state index is 15.2. The second kappa shape index (κ2) is 14.0. The van der Waals surface area contributed by atoms with Gasteiger partial charge in [-0.3, -0.25) is 14.4 Å². The first-order valence-electron chi connectivity index (χ1n) is 16.4. The number of nitrogens with one attached hydrogen (secondary N) is 2. The number of rotatable bonds is 11. The number of anilines is 1. The fourth-order valence-corrected chi connectivity index (χ4v) is 7.31. The SMILES string of the molecule is COc1cc(F)c(O[C@H]2CC[C@@](C)(C(=O)OCc3cccc4ccccc34)CC2)cc1C(=O)Nc1ccsc1C(=O)NCC1(C)CCC1. The van der Waals surface area contributed by atoms with Crippen LogP contribution in [0.2, 0.25) is 0 Å². The third-order valence-electron chi connectivity index (χ3n) is 9.92. The predicted molar refractivity (Wildman–Crippen MR) is 184 cm³/mol. The van der Waals surface area contributed by atoms with Gasteiger partial charge < -0.3 is 24.8 Å². The summed E-state index contributed by atoms with van der Waals surface area (Å²) in [6, 6.07) is 18.1. The average molecular weight is 673 g/mol. The number of esters is 1. The summed E-state index contributed by atoms with van der Waals surface area (Å²) in [4.78, 5) is 40.0. The summed E-state index contributed by atoms with van der Waals surface area (Å²) in [5.41, 5.74) is 0.828. The first-order valence-corrected chi connectivity index (χ1v) is 17.3. The first-order chi connectivity index (χ1) is 23.1. The van der Waals surface area contributed by atoms with E-state index in [1.54, 1.807) is 11.4 Å². The second-order valence-corrected chi connectivity index (χ2v) is 14.5. The third kappa shape index (κ3) is 7.18. The molecule has 2 aliphatic carbocycles. The third-order valence-corrected chi connectivity index (χ3v) is 10.8. The van der Waals surface area contributed by atoms with E-state index in [1.165, 1.54) is 30.9 Å². The summed E-state index contributed by atoms with van der Waals surface area (Å²) >= 11 is 1.24. The van der Waals surface area contributed by atoms with Crippen molar-refractivity contribution in [2.45, 2.75) is 71.5 Å². The first kappa shape index (κ1) is 33.5. The highest BCUT2D eigenvalue weighted by molar-refractivity contribution is 7.12. The zero-order chi connectivity index (χ0) is 33.9. The van der Waals surface area contributed by atoms with Crippen LogP contribution in [0.1, 0.15) is 84.4 Å². The van der Waals surface area contributed by atoms with Gasteiger partial charge in [-0.1, -0.05) is 55.8 Å². The molecule has 2 amide bonds. The summed E-state index contributed by atoms with van der Waals surface area (Å²) in [5.74, 6) is -1.76. The van der Waals surface area contributed by atoms with Crippen molar-refractivity contribution in [2.24, 2.45) is 10.8 Å². The molecule has 3 aromatic carbocycles. The molecule has 2 fully saturated rings. The number of hydrogen-bond donors (Lipinski definition) is 2. The van der Waals surface area contributed by atoms with Crippen molar-refractivity contribution in [3.05, 3.63) is 87.9 Å². The molecule has 1 aromatic heterocycles. The van der Waals surface area contributed by atoms with Crippen LogP contribution in [0.5, 0.6) is 11.5 Å². The van der Waals surface area contributed by atoms with Gasteiger partial charge in [0.2, 0.25) is 0 Å². The highest BCUT2D eigenvalue weighted by Crippen LogP contribution is 2.41. The maximum Gasteiger partial charge on any atom is 0.312 e. The van der Waals surface area contributed by atoms with Crippen LogP contribution in [-0.2, 0) is 16.1 Å². The molecule has 1 heterocycles. The summed E-state index contributed by atoms with van der Waals surface area (Å²) in [5, 5.41) is 9.68. The minimum atomic E-state index is -0.686. The molecule has 0 radical (unpaired) electrons. The molecule has 2 N–H and O–H groups in total. The molecule has 2 aliphatic rings. The smallest absolute Gasteiger partial charge is 0.312 e. The molecule has 0 saturated heterocycles. The van der Waals surface area contributed by atoms with Crippen LogP contribution >= 0.6 is 11.3 Å². The molecule has 0 unspecified atom stereocenters. The molecule has 10 heteroatoms. The van der Waals surface area contributed by atoms with Crippen LogP contribution in [0, 0.1) is 16.6 Å². The van der Waals surface area contributed by atoms with Gasteiger partial charge in [0.15, 0.2) is 11.6 Å². The lowest BCUT2D eigenvalue weighted by Gasteiger charge is -2.38. The van der Waals surface area contributed by atoms with Crippen molar-refractivity contribution < 1.29 is 33.0 Å². The quantitative estimate of drug-likeness (QED) is 0.156. The van der Waals surface area contributed by atoms with Gasteiger partial charge in [-0.2, -0.15) is 0 Å². The Labute approximate surface area is 284 Å². The zero-order valence-corrected chi connectivity index (χ0v) is 28.3. The molecule has 0 atom stereocenters. The number of methoxy groups -OCH3 is 1. The van der Waals surface area contributed by atoms with E-state index in [-0.39, 0.29) is 47.1 Å². The van der Waals surface area contributed by atoms with Crippen molar-refractivity contribution in [1.82, 2.24) is 5.32 Å². The maximum atomic E-state index is 15.2. The van der Waals surface area contributed by atoms with Gasteiger partial charge in [-0.15, -0.1) is 11.3 Å². The van der Waals surface area contributed by atoms with E-state index in [0.29, 0.717) is 42.8 Å². The van der Waals surface area contributed by atoms with E-state index in [4.69, 9.17) is 14.2 Å². The van der Waals surface area contributed by atoms with E-state index >= 15 is 4.39 Å². The second-order valence-electron chi connectivity index (χ2n) is 13.5. The van der Waals surface area contributed by atoms with Crippen LogP contribution in [-0.4, -0.2) is 37.5 Å². The fraction of sp³-hybridized carbons (Fsp3) is 0.395. The van der Waals surface area contributed by atoms with Crippen LogP contribution in [0.15, 0.2) is 66.0 Å². The van der Waals surface area contributed by atoms with E-state index in [9.17, 15) is 14.4 Å². The molecule has 48 heavy (non-hydrogen) atoms. The van der Waals surface area contributed by atoms with Crippen molar-refractivity contribution in [2.75, 3.05) is 19.0 Å². The van der Waals surface area contributed by atoms with E-state index in [1.807, 2.05) is 49.4 Å². The van der Waals surface area contributed by atoms with Crippen molar-refractivity contribution in [1.29, 1.82) is 0 Å². The number of halogens is 1. The number of carbonyl (C=O) groups excluding carboxylic acids is 3. The molecule has 4 aromatic rings. The minimum absolute atomic E-state index is 0.0432. The lowest BCUT2D eigenvalue weighted by atomic mass is 9.70. The monoisotopic (exact) mass is 672 g/mol. The van der Waals surface area contributed by atoms with Crippen LogP contribution in [0.25, 0.3) is 10.8 Å². The number of carbonyl (C=O) groups is 3. The summed E-state index contributed by atoms with van der Waals surface area (Å²) in [6.07, 6.45) is 5.02. The summed E-state index contributed by atoms with van der Waals surface area (Å²) in [6.45, 7) is 4.82. The largest absolute Gasteiger partial charge is 0.496 e.